The lowest BCUT2D eigenvalue weighted by Gasteiger charge is -2.12. The van der Waals surface area contributed by atoms with Gasteiger partial charge in [-0.25, -0.2) is 8.78 Å². The van der Waals surface area contributed by atoms with Crippen LogP contribution in [0.15, 0.2) is 6.20 Å². The lowest BCUT2D eigenvalue weighted by molar-refractivity contribution is 0.149. The number of nitrogen functional groups attached to an aromatic ring is 1. The van der Waals surface area contributed by atoms with Crippen molar-refractivity contribution in [3.05, 3.63) is 23.0 Å². The minimum Gasteiger partial charge on any atom is -0.397 e. The van der Waals surface area contributed by atoms with E-state index >= 15 is 0 Å². The molecule has 1 rings (SSSR count). The molecule has 0 fully saturated rings. The molecule has 0 unspecified atom stereocenters. The van der Waals surface area contributed by atoms with Crippen molar-refractivity contribution in [1.29, 1.82) is 5.26 Å². The van der Waals surface area contributed by atoms with Crippen LogP contribution in [0.3, 0.4) is 0 Å². The zero-order valence-electron chi connectivity index (χ0n) is 7.67. The number of hydrogen-bond acceptors (Lipinski definition) is 3. The zero-order valence-corrected chi connectivity index (χ0v) is 8.43. The summed E-state index contributed by atoms with van der Waals surface area (Å²) in [5.41, 5.74) is 5.46. The van der Waals surface area contributed by atoms with Crippen LogP contribution in [0, 0.1) is 11.3 Å². The molecule has 1 aromatic rings. The number of aromatic nitrogens is 1. The Morgan fingerprint density at radius 2 is 2.27 bits per heavy atom. The van der Waals surface area contributed by atoms with Crippen molar-refractivity contribution >= 4 is 17.3 Å². The van der Waals surface area contributed by atoms with E-state index in [0.29, 0.717) is 0 Å². The first kappa shape index (κ1) is 11.7. The van der Waals surface area contributed by atoms with Crippen molar-refractivity contribution in [1.82, 2.24) is 4.98 Å². The first-order chi connectivity index (χ1) is 7.11. The predicted molar refractivity (Wildman–Crippen MR) is 52.5 cm³/mol. The fourth-order valence-electron chi connectivity index (χ4n) is 1.27. The van der Waals surface area contributed by atoms with Crippen LogP contribution in [0.2, 0.25) is 0 Å². The van der Waals surface area contributed by atoms with E-state index in [2.05, 4.69) is 4.98 Å². The third kappa shape index (κ3) is 2.34. The van der Waals surface area contributed by atoms with Gasteiger partial charge >= 0.3 is 0 Å². The Kier molecular flexibility index (Phi) is 3.81. The van der Waals surface area contributed by atoms with Crippen LogP contribution in [0.5, 0.6) is 0 Å². The molecule has 2 N–H and O–H groups in total. The van der Waals surface area contributed by atoms with Crippen molar-refractivity contribution < 1.29 is 8.78 Å². The Hall–Kier alpha value is -1.41. The van der Waals surface area contributed by atoms with Crippen molar-refractivity contribution in [2.45, 2.75) is 18.7 Å². The maximum Gasteiger partial charge on any atom is 0.266 e. The normalized spacial score (nSPS) is 10.3. The number of nitriles is 1. The standard InChI is InChI=1S/C9H8ClF2N3/c10-3-7-8(9(11)12)5(1-2-13)6(14)4-15-7/h4,9H,1,3,14H2. The highest BCUT2D eigenvalue weighted by Gasteiger charge is 2.20. The summed E-state index contributed by atoms with van der Waals surface area (Å²) in [6, 6.07) is 1.79. The van der Waals surface area contributed by atoms with Gasteiger partial charge in [0, 0.05) is 11.1 Å². The molecule has 1 aromatic heterocycles. The van der Waals surface area contributed by atoms with E-state index in [1.165, 1.54) is 6.20 Å². The minimum absolute atomic E-state index is 0.0751. The summed E-state index contributed by atoms with van der Waals surface area (Å²) < 4.78 is 25.4. The van der Waals surface area contributed by atoms with Crippen LogP contribution in [-0.4, -0.2) is 4.98 Å². The topological polar surface area (TPSA) is 62.7 Å². The minimum atomic E-state index is -2.72. The fraction of sp³-hybridized carbons (Fsp3) is 0.333. The largest absolute Gasteiger partial charge is 0.397 e. The van der Waals surface area contributed by atoms with Gasteiger partial charge in [0.15, 0.2) is 0 Å². The number of anilines is 1. The van der Waals surface area contributed by atoms with E-state index < -0.39 is 6.43 Å². The van der Waals surface area contributed by atoms with Gasteiger partial charge in [-0.3, -0.25) is 4.98 Å². The molecule has 0 saturated carbocycles. The van der Waals surface area contributed by atoms with E-state index in [1.54, 1.807) is 6.07 Å². The molecule has 15 heavy (non-hydrogen) atoms. The van der Waals surface area contributed by atoms with E-state index in [0.717, 1.165) is 0 Å². The Morgan fingerprint density at radius 3 is 2.73 bits per heavy atom. The molecule has 3 nitrogen and oxygen atoms in total. The SMILES string of the molecule is N#CCc1c(N)cnc(CCl)c1C(F)F. The van der Waals surface area contributed by atoms with Gasteiger partial charge in [-0.2, -0.15) is 5.26 Å². The highest BCUT2D eigenvalue weighted by atomic mass is 35.5. The van der Waals surface area contributed by atoms with Crippen LogP contribution < -0.4 is 5.73 Å². The van der Waals surface area contributed by atoms with Gasteiger partial charge in [0.2, 0.25) is 0 Å². The molecule has 0 aliphatic carbocycles. The second-order valence-corrected chi connectivity index (χ2v) is 3.09. The molecule has 6 heteroatoms. The number of pyridine rings is 1. The number of rotatable bonds is 3. The number of nitrogens with zero attached hydrogens (tertiary/aromatic N) is 2. The molecular weight excluding hydrogens is 224 g/mol. The van der Waals surface area contributed by atoms with Gasteiger partial charge < -0.3 is 5.73 Å². The van der Waals surface area contributed by atoms with E-state index in [9.17, 15) is 8.78 Å². The Morgan fingerprint density at radius 1 is 1.60 bits per heavy atom. The second kappa shape index (κ2) is 4.89. The van der Waals surface area contributed by atoms with Crippen LogP contribution in [0.1, 0.15) is 23.2 Å². The zero-order chi connectivity index (χ0) is 11.4. The van der Waals surface area contributed by atoms with Crippen molar-refractivity contribution in [3.8, 4) is 6.07 Å². The molecule has 0 aromatic carbocycles. The fourth-order valence-corrected chi connectivity index (χ4v) is 1.48. The van der Waals surface area contributed by atoms with Gasteiger partial charge in [-0.05, 0) is 0 Å². The Labute approximate surface area is 90.5 Å². The summed E-state index contributed by atoms with van der Waals surface area (Å²) in [5, 5.41) is 8.51. The number of nitrogens with two attached hydrogens (primary N) is 1. The van der Waals surface area contributed by atoms with Gasteiger partial charge in [0.05, 0.1) is 35.9 Å². The van der Waals surface area contributed by atoms with E-state index in [1.807, 2.05) is 0 Å². The molecule has 0 bridgehead atoms. The molecule has 0 aliphatic heterocycles. The number of alkyl halides is 3. The molecule has 0 radical (unpaired) electrons. The molecule has 0 aliphatic rings. The monoisotopic (exact) mass is 231 g/mol. The van der Waals surface area contributed by atoms with Gasteiger partial charge in [0.1, 0.15) is 0 Å². The van der Waals surface area contributed by atoms with Gasteiger partial charge in [-0.15, -0.1) is 11.6 Å². The van der Waals surface area contributed by atoms with Crippen molar-refractivity contribution in [2.24, 2.45) is 0 Å². The lowest BCUT2D eigenvalue weighted by atomic mass is 10.0. The van der Waals surface area contributed by atoms with E-state index in [4.69, 9.17) is 22.6 Å². The molecule has 0 spiro atoms. The summed E-state index contributed by atoms with van der Waals surface area (Å²) in [6.07, 6.45) is -1.65. The average Bonchev–Trinajstić information content (AvgIpc) is 2.20. The molecular formula is C9H8ClF2N3. The number of hydrogen-bond donors (Lipinski definition) is 1. The van der Waals surface area contributed by atoms with Crippen LogP contribution in [0.25, 0.3) is 0 Å². The molecule has 0 saturated heterocycles. The highest BCUT2D eigenvalue weighted by Crippen LogP contribution is 2.30. The van der Waals surface area contributed by atoms with E-state index in [-0.39, 0.29) is 34.8 Å². The summed E-state index contributed by atoms with van der Waals surface area (Å²) >= 11 is 5.48. The van der Waals surface area contributed by atoms with Crippen LogP contribution in [0.4, 0.5) is 14.5 Å². The van der Waals surface area contributed by atoms with Crippen molar-refractivity contribution in [3.63, 3.8) is 0 Å². The average molecular weight is 232 g/mol. The third-order valence-corrected chi connectivity index (χ3v) is 2.20. The maximum atomic E-state index is 12.7. The molecule has 80 valence electrons. The summed E-state index contributed by atoms with van der Waals surface area (Å²) in [5.74, 6) is -0.127. The summed E-state index contributed by atoms with van der Waals surface area (Å²) in [6.45, 7) is 0. The first-order valence-electron chi connectivity index (χ1n) is 4.09. The highest BCUT2D eigenvalue weighted by molar-refractivity contribution is 6.17. The molecule has 0 atom stereocenters. The Bertz CT molecular complexity index is 401. The van der Waals surface area contributed by atoms with Gasteiger partial charge in [0.25, 0.3) is 6.43 Å². The summed E-state index contributed by atoms with van der Waals surface area (Å²) in [4.78, 5) is 3.71. The van der Waals surface area contributed by atoms with Gasteiger partial charge in [-0.1, -0.05) is 0 Å². The Balaban J connectivity index is 3.38. The molecule has 1 heterocycles. The van der Waals surface area contributed by atoms with Crippen molar-refractivity contribution in [2.75, 3.05) is 5.73 Å². The molecule has 0 amide bonds. The number of halogens is 3. The second-order valence-electron chi connectivity index (χ2n) is 2.82. The quantitative estimate of drug-likeness (QED) is 0.813. The maximum absolute atomic E-state index is 12.7. The van der Waals surface area contributed by atoms with Crippen LogP contribution in [-0.2, 0) is 12.3 Å². The smallest absolute Gasteiger partial charge is 0.266 e. The first-order valence-corrected chi connectivity index (χ1v) is 4.62. The summed E-state index contributed by atoms with van der Waals surface area (Å²) in [7, 11) is 0. The third-order valence-electron chi connectivity index (χ3n) is 1.94. The predicted octanol–water partition coefficient (Wildman–Crippen LogP) is 2.41. The lowest BCUT2D eigenvalue weighted by Crippen LogP contribution is -2.06. The van der Waals surface area contributed by atoms with Crippen LogP contribution >= 0.6 is 11.6 Å².